The SMILES string of the molecule is CCOC(=O)N/N=C1\CCCc2oc(C(=O)N3c4ccc(F)cc4CCC3C)c(C)c21. The van der Waals surface area contributed by atoms with Gasteiger partial charge in [0.2, 0.25) is 0 Å². The first-order chi connectivity index (χ1) is 14.9. The van der Waals surface area contributed by atoms with Gasteiger partial charge in [-0.3, -0.25) is 4.79 Å². The summed E-state index contributed by atoms with van der Waals surface area (Å²) in [6.45, 7) is 5.79. The molecule has 1 unspecified atom stereocenters. The van der Waals surface area contributed by atoms with Gasteiger partial charge in [-0.25, -0.2) is 14.6 Å². The summed E-state index contributed by atoms with van der Waals surface area (Å²) in [7, 11) is 0. The van der Waals surface area contributed by atoms with Crippen molar-refractivity contribution >= 4 is 23.4 Å². The van der Waals surface area contributed by atoms with Crippen LogP contribution in [0.5, 0.6) is 0 Å². The molecule has 2 amide bonds. The lowest BCUT2D eigenvalue weighted by atomic mass is 9.92. The van der Waals surface area contributed by atoms with E-state index < -0.39 is 6.09 Å². The molecule has 4 rings (SSSR count). The molecule has 164 valence electrons. The van der Waals surface area contributed by atoms with Crippen molar-refractivity contribution in [1.82, 2.24) is 5.43 Å². The quantitative estimate of drug-likeness (QED) is 0.732. The lowest BCUT2D eigenvalue weighted by Gasteiger charge is -2.34. The summed E-state index contributed by atoms with van der Waals surface area (Å²) in [5, 5.41) is 4.22. The number of ether oxygens (including phenoxy) is 1. The van der Waals surface area contributed by atoms with Crippen LogP contribution in [0, 0.1) is 12.7 Å². The maximum absolute atomic E-state index is 13.7. The summed E-state index contributed by atoms with van der Waals surface area (Å²) < 4.78 is 24.6. The number of hydrazone groups is 1. The first-order valence-electron chi connectivity index (χ1n) is 10.6. The van der Waals surface area contributed by atoms with E-state index in [-0.39, 0.29) is 30.1 Å². The van der Waals surface area contributed by atoms with Crippen LogP contribution in [0.15, 0.2) is 27.7 Å². The van der Waals surface area contributed by atoms with Crippen LogP contribution < -0.4 is 10.3 Å². The molecule has 2 heterocycles. The molecular weight excluding hydrogens is 401 g/mol. The largest absolute Gasteiger partial charge is 0.455 e. The average molecular weight is 427 g/mol. The van der Waals surface area contributed by atoms with E-state index in [4.69, 9.17) is 9.15 Å². The van der Waals surface area contributed by atoms with Crippen molar-refractivity contribution in [3.8, 4) is 0 Å². The maximum atomic E-state index is 13.7. The van der Waals surface area contributed by atoms with Gasteiger partial charge in [0.1, 0.15) is 11.6 Å². The molecule has 0 saturated carbocycles. The molecule has 1 aliphatic heterocycles. The molecule has 0 saturated heterocycles. The van der Waals surface area contributed by atoms with E-state index >= 15 is 0 Å². The van der Waals surface area contributed by atoms with Gasteiger partial charge >= 0.3 is 6.09 Å². The zero-order chi connectivity index (χ0) is 22.1. The predicted octanol–water partition coefficient (Wildman–Crippen LogP) is 4.50. The Hall–Kier alpha value is -3.16. The van der Waals surface area contributed by atoms with Crippen molar-refractivity contribution in [2.24, 2.45) is 5.10 Å². The number of fused-ring (bicyclic) bond motifs is 2. The fourth-order valence-corrected chi connectivity index (χ4v) is 4.40. The smallest absolute Gasteiger partial charge is 0.427 e. The molecule has 31 heavy (non-hydrogen) atoms. The number of amides is 2. The number of benzene rings is 1. The highest BCUT2D eigenvalue weighted by molar-refractivity contribution is 6.10. The van der Waals surface area contributed by atoms with Gasteiger partial charge in [0.25, 0.3) is 5.91 Å². The fourth-order valence-electron chi connectivity index (χ4n) is 4.40. The maximum Gasteiger partial charge on any atom is 0.427 e. The van der Waals surface area contributed by atoms with Gasteiger partial charge in [-0.15, -0.1) is 0 Å². The molecule has 2 aliphatic rings. The number of nitrogens with one attached hydrogen (secondary N) is 1. The van der Waals surface area contributed by atoms with Crippen molar-refractivity contribution in [3.05, 3.63) is 52.2 Å². The zero-order valence-corrected chi connectivity index (χ0v) is 18.0. The van der Waals surface area contributed by atoms with Crippen molar-refractivity contribution in [3.63, 3.8) is 0 Å². The van der Waals surface area contributed by atoms with Crippen LogP contribution in [-0.4, -0.2) is 30.4 Å². The van der Waals surface area contributed by atoms with Crippen molar-refractivity contribution in [2.75, 3.05) is 11.5 Å². The van der Waals surface area contributed by atoms with Crippen LogP contribution >= 0.6 is 0 Å². The van der Waals surface area contributed by atoms with Crippen LogP contribution in [0.4, 0.5) is 14.9 Å². The Kier molecular flexibility index (Phi) is 5.80. The van der Waals surface area contributed by atoms with E-state index in [1.165, 1.54) is 12.1 Å². The second-order valence-electron chi connectivity index (χ2n) is 7.93. The third-order valence-electron chi connectivity index (χ3n) is 5.87. The summed E-state index contributed by atoms with van der Waals surface area (Å²) in [4.78, 5) is 26.9. The first kappa shape index (κ1) is 21.1. The van der Waals surface area contributed by atoms with Gasteiger partial charge in [0.05, 0.1) is 12.3 Å². The van der Waals surface area contributed by atoms with Crippen molar-refractivity contribution in [2.45, 2.75) is 58.9 Å². The number of hydrogen-bond acceptors (Lipinski definition) is 5. The number of aryl methyl sites for hydroxylation is 2. The number of furan rings is 1. The Labute approximate surface area is 180 Å². The monoisotopic (exact) mass is 427 g/mol. The van der Waals surface area contributed by atoms with Crippen LogP contribution in [0.3, 0.4) is 0 Å². The van der Waals surface area contributed by atoms with Gasteiger partial charge in [-0.2, -0.15) is 5.10 Å². The highest BCUT2D eigenvalue weighted by atomic mass is 19.1. The Bertz CT molecular complexity index is 1060. The third kappa shape index (κ3) is 3.94. The Morgan fingerprint density at radius 2 is 2.13 bits per heavy atom. The lowest BCUT2D eigenvalue weighted by Crippen LogP contribution is -2.42. The molecule has 1 aromatic carbocycles. The van der Waals surface area contributed by atoms with E-state index in [0.717, 1.165) is 36.1 Å². The van der Waals surface area contributed by atoms with Crippen LogP contribution in [0.1, 0.15) is 66.1 Å². The molecule has 2 aromatic rings. The van der Waals surface area contributed by atoms with E-state index in [0.29, 0.717) is 29.9 Å². The highest BCUT2D eigenvalue weighted by Crippen LogP contribution is 2.35. The molecule has 0 spiro atoms. The van der Waals surface area contributed by atoms with Crippen molar-refractivity contribution < 1.29 is 23.1 Å². The van der Waals surface area contributed by atoms with Gasteiger partial charge < -0.3 is 14.1 Å². The summed E-state index contributed by atoms with van der Waals surface area (Å²) >= 11 is 0. The van der Waals surface area contributed by atoms with E-state index in [1.54, 1.807) is 17.9 Å². The Morgan fingerprint density at radius 3 is 2.90 bits per heavy atom. The number of carbonyl (C=O) groups excluding carboxylic acids is 2. The summed E-state index contributed by atoms with van der Waals surface area (Å²) in [5.41, 5.74) is 6.09. The topological polar surface area (TPSA) is 84.1 Å². The molecule has 1 aliphatic carbocycles. The number of rotatable bonds is 3. The third-order valence-corrected chi connectivity index (χ3v) is 5.87. The Balaban J connectivity index is 1.69. The molecule has 1 N–H and O–H groups in total. The predicted molar refractivity (Wildman–Crippen MR) is 114 cm³/mol. The average Bonchev–Trinajstić information content (AvgIpc) is 3.09. The Morgan fingerprint density at radius 1 is 1.32 bits per heavy atom. The van der Waals surface area contributed by atoms with Crippen LogP contribution in [0.25, 0.3) is 0 Å². The molecule has 7 nitrogen and oxygen atoms in total. The summed E-state index contributed by atoms with van der Waals surface area (Å²) in [5.74, 6) is 0.408. The summed E-state index contributed by atoms with van der Waals surface area (Å²) in [6.07, 6.45) is 3.01. The zero-order valence-electron chi connectivity index (χ0n) is 18.0. The van der Waals surface area contributed by atoms with Gasteiger partial charge in [0, 0.05) is 29.3 Å². The van der Waals surface area contributed by atoms with E-state index in [9.17, 15) is 14.0 Å². The summed E-state index contributed by atoms with van der Waals surface area (Å²) in [6, 6.07) is 4.49. The molecule has 0 fully saturated rings. The van der Waals surface area contributed by atoms with E-state index in [1.807, 2.05) is 13.8 Å². The fraction of sp³-hybridized carbons (Fsp3) is 0.435. The normalized spacial score (nSPS) is 19.0. The lowest BCUT2D eigenvalue weighted by molar-refractivity contribution is 0.0945. The highest BCUT2D eigenvalue weighted by Gasteiger charge is 2.35. The molecular formula is C23H26FN3O4. The number of nitrogens with zero attached hydrogens (tertiary/aromatic N) is 2. The molecule has 8 heteroatoms. The standard InChI is InChI=1S/C23H26FN3O4/c1-4-30-23(29)26-25-17-6-5-7-19-20(17)14(3)21(31-19)22(28)27-13(2)8-9-15-12-16(24)10-11-18(15)27/h10-13H,4-9H2,1-3H3,(H,26,29)/b25-17+. The van der Waals surface area contributed by atoms with Crippen LogP contribution in [-0.2, 0) is 17.6 Å². The minimum absolute atomic E-state index is 0.0365. The number of hydrogen-bond donors (Lipinski definition) is 1. The van der Waals surface area contributed by atoms with Gasteiger partial charge in [-0.05, 0) is 70.2 Å². The minimum Gasteiger partial charge on any atom is -0.455 e. The minimum atomic E-state index is -0.620. The number of carbonyl (C=O) groups is 2. The van der Waals surface area contributed by atoms with Crippen molar-refractivity contribution in [1.29, 1.82) is 0 Å². The molecule has 1 aromatic heterocycles. The van der Waals surface area contributed by atoms with E-state index in [2.05, 4.69) is 10.5 Å². The first-order valence-corrected chi connectivity index (χ1v) is 10.6. The second-order valence-corrected chi connectivity index (χ2v) is 7.93. The molecule has 0 radical (unpaired) electrons. The number of anilines is 1. The molecule has 0 bridgehead atoms. The molecule has 1 atom stereocenters. The second kappa shape index (κ2) is 8.53. The van der Waals surface area contributed by atoms with Gasteiger partial charge in [-0.1, -0.05) is 0 Å². The van der Waals surface area contributed by atoms with Gasteiger partial charge in [0.15, 0.2) is 5.76 Å². The van der Waals surface area contributed by atoms with Crippen LogP contribution in [0.2, 0.25) is 0 Å². The number of halogens is 1.